The number of amides is 1. The van der Waals surface area contributed by atoms with Gasteiger partial charge in [-0.2, -0.15) is 0 Å². The number of benzene rings is 1. The van der Waals surface area contributed by atoms with Crippen molar-refractivity contribution in [1.82, 2.24) is 5.32 Å². The summed E-state index contributed by atoms with van der Waals surface area (Å²) in [5.74, 6) is -0.839. The van der Waals surface area contributed by atoms with Crippen molar-refractivity contribution in [3.63, 3.8) is 0 Å². The third-order valence-corrected chi connectivity index (χ3v) is 2.90. The SMILES string of the molecule is COC(=O)[C@@H](Cc1cc(C)c(O)c(Cl)c1)NC(C)=O. The smallest absolute Gasteiger partial charge is 0.328 e. The summed E-state index contributed by atoms with van der Waals surface area (Å²) in [6.45, 7) is 3.03. The van der Waals surface area contributed by atoms with Crippen LogP contribution in [0, 0.1) is 6.92 Å². The van der Waals surface area contributed by atoms with E-state index in [1.165, 1.54) is 14.0 Å². The van der Waals surface area contributed by atoms with Gasteiger partial charge in [-0.15, -0.1) is 0 Å². The van der Waals surface area contributed by atoms with Crippen LogP contribution in [0.3, 0.4) is 0 Å². The summed E-state index contributed by atoms with van der Waals surface area (Å²) in [4.78, 5) is 22.6. The number of aryl methyl sites for hydroxylation is 1. The lowest BCUT2D eigenvalue weighted by molar-refractivity contribution is -0.144. The van der Waals surface area contributed by atoms with Crippen molar-refractivity contribution in [2.45, 2.75) is 26.3 Å². The average Bonchev–Trinajstić information content (AvgIpc) is 2.33. The first kappa shape index (κ1) is 15.3. The van der Waals surface area contributed by atoms with Crippen LogP contribution in [0.2, 0.25) is 5.02 Å². The lowest BCUT2D eigenvalue weighted by Gasteiger charge is -2.16. The number of rotatable bonds is 4. The number of esters is 1. The van der Waals surface area contributed by atoms with E-state index in [0.29, 0.717) is 5.56 Å². The maximum atomic E-state index is 11.6. The quantitative estimate of drug-likeness (QED) is 0.824. The van der Waals surface area contributed by atoms with Gasteiger partial charge in [-0.1, -0.05) is 17.7 Å². The molecule has 0 aliphatic rings. The maximum absolute atomic E-state index is 11.6. The molecule has 19 heavy (non-hydrogen) atoms. The molecule has 2 N–H and O–H groups in total. The molecule has 104 valence electrons. The van der Waals surface area contributed by atoms with Crippen LogP contribution in [0.25, 0.3) is 0 Å². The fourth-order valence-corrected chi connectivity index (χ4v) is 2.03. The molecule has 0 spiro atoms. The fraction of sp³-hybridized carbons (Fsp3) is 0.385. The van der Waals surface area contributed by atoms with E-state index in [9.17, 15) is 14.7 Å². The minimum absolute atomic E-state index is 0.0135. The first-order valence-corrected chi connectivity index (χ1v) is 6.06. The zero-order valence-corrected chi connectivity index (χ0v) is 11.7. The van der Waals surface area contributed by atoms with Gasteiger partial charge in [-0.25, -0.2) is 4.79 Å². The highest BCUT2D eigenvalue weighted by molar-refractivity contribution is 6.32. The van der Waals surface area contributed by atoms with Gasteiger partial charge in [0, 0.05) is 13.3 Å². The molecule has 1 atom stereocenters. The van der Waals surface area contributed by atoms with Crippen LogP contribution >= 0.6 is 11.6 Å². The number of ether oxygens (including phenoxy) is 1. The van der Waals surface area contributed by atoms with Gasteiger partial charge in [0.25, 0.3) is 0 Å². The number of halogens is 1. The van der Waals surface area contributed by atoms with Gasteiger partial charge in [0.2, 0.25) is 5.91 Å². The Morgan fingerprint density at radius 2 is 2.11 bits per heavy atom. The first-order chi connectivity index (χ1) is 8.85. The van der Waals surface area contributed by atoms with Crippen LogP contribution in [0.4, 0.5) is 0 Å². The normalized spacial score (nSPS) is 11.8. The second kappa shape index (κ2) is 6.43. The summed E-state index contributed by atoms with van der Waals surface area (Å²) in [6, 6.07) is 2.49. The van der Waals surface area contributed by atoms with Crippen molar-refractivity contribution in [1.29, 1.82) is 0 Å². The number of carbonyl (C=O) groups excluding carboxylic acids is 2. The molecule has 1 amide bonds. The molecule has 5 nitrogen and oxygen atoms in total. The Bertz CT molecular complexity index is 478. The molecular weight excluding hydrogens is 270 g/mol. The van der Waals surface area contributed by atoms with Crippen molar-refractivity contribution in [3.8, 4) is 5.75 Å². The van der Waals surface area contributed by atoms with Crippen molar-refractivity contribution < 1.29 is 19.4 Å². The van der Waals surface area contributed by atoms with Gasteiger partial charge >= 0.3 is 5.97 Å². The molecule has 0 heterocycles. The Hall–Kier alpha value is -1.75. The van der Waals surface area contributed by atoms with Gasteiger partial charge in [0.05, 0.1) is 12.1 Å². The Morgan fingerprint density at radius 1 is 1.47 bits per heavy atom. The number of hydrogen-bond acceptors (Lipinski definition) is 4. The van der Waals surface area contributed by atoms with Gasteiger partial charge < -0.3 is 15.2 Å². The second-order valence-electron chi connectivity index (χ2n) is 4.22. The Balaban J connectivity index is 2.96. The molecule has 0 saturated carbocycles. The average molecular weight is 286 g/mol. The zero-order chi connectivity index (χ0) is 14.6. The van der Waals surface area contributed by atoms with Crippen LogP contribution in [0.5, 0.6) is 5.75 Å². The molecule has 0 aliphatic carbocycles. The van der Waals surface area contributed by atoms with Crippen LogP contribution in [-0.4, -0.2) is 30.1 Å². The minimum atomic E-state index is -0.775. The number of phenols is 1. The van der Waals surface area contributed by atoms with Gasteiger partial charge in [-0.05, 0) is 24.1 Å². The highest BCUT2D eigenvalue weighted by Gasteiger charge is 2.21. The van der Waals surface area contributed by atoms with E-state index in [4.69, 9.17) is 11.6 Å². The predicted molar refractivity (Wildman–Crippen MR) is 71.2 cm³/mol. The third kappa shape index (κ3) is 4.13. The summed E-state index contributed by atoms with van der Waals surface area (Å²) in [5.41, 5.74) is 1.33. The number of hydrogen-bond donors (Lipinski definition) is 2. The van der Waals surface area contributed by atoms with Crippen LogP contribution < -0.4 is 5.32 Å². The van der Waals surface area contributed by atoms with Gasteiger partial charge in [0.1, 0.15) is 11.8 Å². The highest BCUT2D eigenvalue weighted by atomic mass is 35.5. The Morgan fingerprint density at radius 3 is 2.58 bits per heavy atom. The molecular formula is C13H16ClNO4. The van der Waals surface area contributed by atoms with Crippen molar-refractivity contribution in [3.05, 3.63) is 28.3 Å². The molecule has 1 aromatic rings. The van der Waals surface area contributed by atoms with E-state index in [-0.39, 0.29) is 23.1 Å². The predicted octanol–water partition coefficient (Wildman–Crippen LogP) is 1.57. The number of phenolic OH excluding ortho intramolecular Hbond substituents is 1. The molecule has 6 heteroatoms. The second-order valence-corrected chi connectivity index (χ2v) is 4.63. The zero-order valence-electron chi connectivity index (χ0n) is 11.0. The molecule has 1 aromatic carbocycles. The summed E-state index contributed by atoms with van der Waals surface area (Å²) in [7, 11) is 1.26. The van der Waals surface area contributed by atoms with Crippen molar-refractivity contribution in [2.24, 2.45) is 0 Å². The maximum Gasteiger partial charge on any atom is 0.328 e. The summed E-state index contributed by atoms with van der Waals surface area (Å²) < 4.78 is 4.63. The van der Waals surface area contributed by atoms with Gasteiger partial charge in [-0.3, -0.25) is 4.79 Å². The third-order valence-electron chi connectivity index (χ3n) is 2.62. The van der Waals surface area contributed by atoms with E-state index in [2.05, 4.69) is 10.1 Å². The lowest BCUT2D eigenvalue weighted by atomic mass is 10.0. The number of nitrogens with one attached hydrogen (secondary N) is 1. The number of carbonyl (C=O) groups is 2. The molecule has 0 unspecified atom stereocenters. The highest BCUT2D eigenvalue weighted by Crippen LogP contribution is 2.28. The summed E-state index contributed by atoms with van der Waals surface area (Å²) in [5, 5.41) is 12.3. The first-order valence-electron chi connectivity index (χ1n) is 5.68. The molecule has 0 bridgehead atoms. The summed E-state index contributed by atoms with van der Waals surface area (Å²) >= 11 is 5.87. The molecule has 0 fully saturated rings. The Labute approximate surface area is 116 Å². The number of methoxy groups -OCH3 is 1. The van der Waals surface area contributed by atoms with E-state index in [1.54, 1.807) is 19.1 Å². The monoisotopic (exact) mass is 285 g/mol. The molecule has 0 aliphatic heterocycles. The van der Waals surface area contributed by atoms with Crippen LogP contribution in [0.15, 0.2) is 12.1 Å². The number of aromatic hydroxyl groups is 1. The van der Waals surface area contributed by atoms with E-state index >= 15 is 0 Å². The molecule has 1 rings (SSSR count). The largest absolute Gasteiger partial charge is 0.506 e. The van der Waals surface area contributed by atoms with E-state index < -0.39 is 12.0 Å². The topological polar surface area (TPSA) is 75.6 Å². The summed E-state index contributed by atoms with van der Waals surface area (Å²) in [6.07, 6.45) is 0.243. The van der Waals surface area contributed by atoms with Crippen molar-refractivity contribution in [2.75, 3.05) is 7.11 Å². The molecule has 0 saturated heterocycles. The standard InChI is InChI=1S/C13H16ClNO4/c1-7-4-9(5-10(14)12(7)17)6-11(13(18)19-3)15-8(2)16/h4-5,11,17H,6H2,1-3H3,(H,15,16)/t11-/m1/s1. The molecule has 0 radical (unpaired) electrons. The van der Waals surface area contributed by atoms with E-state index in [0.717, 1.165) is 5.56 Å². The van der Waals surface area contributed by atoms with Crippen LogP contribution in [-0.2, 0) is 20.7 Å². The minimum Gasteiger partial charge on any atom is -0.506 e. The van der Waals surface area contributed by atoms with Crippen molar-refractivity contribution >= 4 is 23.5 Å². The lowest BCUT2D eigenvalue weighted by Crippen LogP contribution is -2.42. The van der Waals surface area contributed by atoms with Crippen LogP contribution in [0.1, 0.15) is 18.1 Å². The fourth-order valence-electron chi connectivity index (χ4n) is 1.74. The van der Waals surface area contributed by atoms with E-state index in [1.807, 2.05) is 0 Å². The van der Waals surface area contributed by atoms with Gasteiger partial charge in [0.15, 0.2) is 0 Å². The Kier molecular flexibility index (Phi) is 5.18. The molecule has 0 aromatic heterocycles.